The molecule has 1 heterocycles. The third kappa shape index (κ3) is 2.33. The summed E-state index contributed by atoms with van der Waals surface area (Å²) in [4.78, 5) is 0. The third-order valence-electron chi connectivity index (χ3n) is 2.25. The summed E-state index contributed by atoms with van der Waals surface area (Å²) >= 11 is 0. The van der Waals surface area contributed by atoms with E-state index in [-0.39, 0.29) is 6.04 Å². The van der Waals surface area contributed by atoms with Gasteiger partial charge in [-0.2, -0.15) is 5.10 Å². The van der Waals surface area contributed by atoms with Crippen molar-refractivity contribution in [2.75, 3.05) is 13.7 Å². The van der Waals surface area contributed by atoms with E-state index in [1.807, 2.05) is 4.68 Å². The Kier molecular flexibility index (Phi) is 4.10. The van der Waals surface area contributed by atoms with Crippen molar-refractivity contribution in [2.45, 2.75) is 32.9 Å². The predicted octanol–water partition coefficient (Wildman–Crippen LogP) is 1.11. The second-order valence-corrected chi connectivity index (χ2v) is 3.29. The van der Waals surface area contributed by atoms with Gasteiger partial charge in [0.2, 0.25) is 0 Å². The van der Waals surface area contributed by atoms with Gasteiger partial charge in [0.25, 0.3) is 0 Å². The topological polar surface area (TPSA) is 53.1 Å². The van der Waals surface area contributed by atoms with E-state index < -0.39 is 0 Å². The lowest BCUT2D eigenvalue weighted by Crippen LogP contribution is -2.20. The summed E-state index contributed by atoms with van der Waals surface area (Å²) in [6, 6.07) is 1.99. The SMILES string of the molecule is CCc1cc(C(N)COC)n(CC)n1. The average Bonchev–Trinajstić information content (AvgIpc) is 2.61. The molecular formula is C10H19N3O. The highest BCUT2D eigenvalue weighted by Gasteiger charge is 2.12. The van der Waals surface area contributed by atoms with E-state index in [9.17, 15) is 0 Å². The summed E-state index contributed by atoms with van der Waals surface area (Å²) in [6.07, 6.45) is 0.944. The molecule has 4 heteroatoms. The summed E-state index contributed by atoms with van der Waals surface area (Å²) in [5.74, 6) is 0. The highest BCUT2D eigenvalue weighted by molar-refractivity contribution is 5.14. The maximum absolute atomic E-state index is 5.96. The number of nitrogens with zero attached hydrogens (tertiary/aromatic N) is 2. The molecule has 2 N–H and O–H groups in total. The number of hydrogen-bond acceptors (Lipinski definition) is 3. The van der Waals surface area contributed by atoms with Crippen LogP contribution in [-0.4, -0.2) is 23.5 Å². The first-order valence-electron chi connectivity index (χ1n) is 5.04. The molecular weight excluding hydrogens is 178 g/mol. The summed E-state index contributed by atoms with van der Waals surface area (Å²) in [5, 5.41) is 4.43. The highest BCUT2D eigenvalue weighted by atomic mass is 16.5. The van der Waals surface area contributed by atoms with Gasteiger partial charge < -0.3 is 10.5 Å². The normalized spacial score (nSPS) is 13.1. The van der Waals surface area contributed by atoms with Crippen molar-refractivity contribution in [3.63, 3.8) is 0 Å². The van der Waals surface area contributed by atoms with Gasteiger partial charge in [-0.05, 0) is 19.4 Å². The van der Waals surface area contributed by atoms with Crippen LogP contribution in [0, 0.1) is 0 Å². The van der Waals surface area contributed by atoms with E-state index in [1.54, 1.807) is 7.11 Å². The molecule has 1 unspecified atom stereocenters. The molecule has 0 radical (unpaired) electrons. The molecule has 0 saturated carbocycles. The molecule has 1 aromatic heterocycles. The molecule has 14 heavy (non-hydrogen) atoms. The Labute approximate surface area is 85.0 Å². The van der Waals surface area contributed by atoms with E-state index in [2.05, 4.69) is 25.0 Å². The van der Waals surface area contributed by atoms with Crippen LogP contribution in [0.4, 0.5) is 0 Å². The van der Waals surface area contributed by atoms with Crippen LogP contribution in [-0.2, 0) is 17.7 Å². The molecule has 1 rings (SSSR count). The van der Waals surface area contributed by atoms with Gasteiger partial charge in [0.05, 0.1) is 24.0 Å². The van der Waals surface area contributed by atoms with Crippen molar-refractivity contribution in [2.24, 2.45) is 5.73 Å². The molecule has 80 valence electrons. The minimum Gasteiger partial charge on any atom is -0.383 e. The maximum Gasteiger partial charge on any atom is 0.0704 e. The summed E-state index contributed by atoms with van der Waals surface area (Å²) in [7, 11) is 1.66. The van der Waals surface area contributed by atoms with Gasteiger partial charge in [-0.25, -0.2) is 0 Å². The zero-order valence-corrected chi connectivity index (χ0v) is 9.16. The van der Waals surface area contributed by atoms with Crippen LogP contribution in [0.2, 0.25) is 0 Å². The van der Waals surface area contributed by atoms with Crippen LogP contribution in [0.1, 0.15) is 31.3 Å². The number of rotatable bonds is 5. The lowest BCUT2D eigenvalue weighted by molar-refractivity contribution is 0.178. The average molecular weight is 197 g/mol. The highest BCUT2D eigenvalue weighted by Crippen LogP contribution is 2.13. The minimum atomic E-state index is -0.0762. The van der Waals surface area contributed by atoms with Crippen LogP contribution in [0.5, 0.6) is 0 Å². The quantitative estimate of drug-likeness (QED) is 0.769. The number of aromatic nitrogens is 2. The zero-order valence-electron chi connectivity index (χ0n) is 9.16. The van der Waals surface area contributed by atoms with E-state index in [1.165, 1.54) is 0 Å². The first-order chi connectivity index (χ1) is 6.72. The largest absolute Gasteiger partial charge is 0.383 e. The molecule has 0 fully saturated rings. The van der Waals surface area contributed by atoms with Crippen LogP contribution in [0.25, 0.3) is 0 Å². The fourth-order valence-electron chi connectivity index (χ4n) is 1.48. The fourth-order valence-corrected chi connectivity index (χ4v) is 1.48. The number of ether oxygens (including phenoxy) is 1. The van der Waals surface area contributed by atoms with Crippen molar-refractivity contribution in [1.82, 2.24) is 9.78 Å². The summed E-state index contributed by atoms with van der Waals surface area (Å²) in [5.41, 5.74) is 8.12. The third-order valence-corrected chi connectivity index (χ3v) is 2.25. The van der Waals surface area contributed by atoms with Gasteiger partial charge in [0.15, 0.2) is 0 Å². The van der Waals surface area contributed by atoms with Gasteiger partial charge in [-0.15, -0.1) is 0 Å². The number of hydrogen-bond donors (Lipinski definition) is 1. The van der Waals surface area contributed by atoms with Crippen LogP contribution in [0.15, 0.2) is 6.07 Å². The Morgan fingerprint density at radius 2 is 2.29 bits per heavy atom. The Morgan fingerprint density at radius 3 is 2.79 bits per heavy atom. The van der Waals surface area contributed by atoms with Gasteiger partial charge in [-0.3, -0.25) is 4.68 Å². The van der Waals surface area contributed by atoms with Crippen LogP contribution < -0.4 is 5.73 Å². The smallest absolute Gasteiger partial charge is 0.0704 e. The molecule has 0 aliphatic rings. The monoisotopic (exact) mass is 197 g/mol. The van der Waals surface area contributed by atoms with E-state index in [4.69, 9.17) is 10.5 Å². The van der Waals surface area contributed by atoms with Gasteiger partial charge >= 0.3 is 0 Å². The Balaban J connectivity index is 2.87. The molecule has 1 aromatic rings. The van der Waals surface area contributed by atoms with Gasteiger partial charge in [0, 0.05) is 13.7 Å². The molecule has 0 aliphatic carbocycles. The standard InChI is InChI=1S/C10H19N3O/c1-4-8-6-10(9(11)7-14-3)13(5-2)12-8/h6,9H,4-5,7,11H2,1-3H3. The Hall–Kier alpha value is -0.870. The second-order valence-electron chi connectivity index (χ2n) is 3.29. The van der Waals surface area contributed by atoms with Crippen molar-refractivity contribution < 1.29 is 4.74 Å². The second kappa shape index (κ2) is 5.12. The number of aryl methyl sites for hydroxylation is 2. The summed E-state index contributed by atoms with van der Waals surface area (Å²) in [6.45, 7) is 5.55. The molecule has 0 aliphatic heterocycles. The van der Waals surface area contributed by atoms with Crippen molar-refractivity contribution in [3.05, 3.63) is 17.5 Å². The number of nitrogens with two attached hydrogens (primary N) is 1. The predicted molar refractivity (Wildman–Crippen MR) is 56.1 cm³/mol. The van der Waals surface area contributed by atoms with E-state index >= 15 is 0 Å². The van der Waals surface area contributed by atoms with Crippen molar-refractivity contribution in [3.8, 4) is 0 Å². The zero-order chi connectivity index (χ0) is 10.6. The molecule has 1 atom stereocenters. The lowest BCUT2D eigenvalue weighted by atomic mass is 10.2. The lowest BCUT2D eigenvalue weighted by Gasteiger charge is -2.11. The fraction of sp³-hybridized carbons (Fsp3) is 0.700. The molecule has 0 aromatic carbocycles. The molecule has 0 spiro atoms. The molecule has 0 amide bonds. The van der Waals surface area contributed by atoms with E-state index in [0.717, 1.165) is 24.4 Å². The van der Waals surface area contributed by atoms with E-state index in [0.29, 0.717) is 6.61 Å². The number of methoxy groups -OCH3 is 1. The molecule has 4 nitrogen and oxygen atoms in total. The first kappa shape index (κ1) is 11.2. The Morgan fingerprint density at radius 1 is 1.57 bits per heavy atom. The molecule has 0 saturated heterocycles. The van der Waals surface area contributed by atoms with Gasteiger partial charge in [-0.1, -0.05) is 6.92 Å². The Bertz CT molecular complexity index is 283. The van der Waals surface area contributed by atoms with Crippen LogP contribution in [0.3, 0.4) is 0 Å². The first-order valence-corrected chi connectivity index (χ1v) is 5.04. The molecule has 0 bridgehead atoms. The van der Waals surface area contributed by atoms with Gasteiger partial charge in [0.1, 0.15) is 0 Å². The van der Waals surface area contributed by atoms with Crippen molar-refractivity contribution >= 4 is 0 Å². The van der Waals surface area contributed by atoms with Crippen molar-refractivity contribution in [1.29, 1.82) is 0 Å². The summed E-state index contributed by atoms with van der Waals surface area (Å²) < 4.78 is 6.98. The van der Waals surface area contributed by atoms with Crippen LogP contribution >= 0.6 is 0 Å². The maximum atomic E-state index is 5.96. The minimum absolute atomic E-state index is 0.0762.